The van der Waals surface area contributed by atoms with Crippen LogP contribution in [0.15, 0.2) is 30.3 Å². The molecule has 0 radical (unpaired) electrons. The molecule has 1 aromatic carbocycles. The number of hydrogen-bond donors (Lipinski definition) is 1. The summed E-state index contributed by atoms with van der Waals surface area (Å²) in [5, 5.41) is 4.43. The van der Waals surface area contributed by atoms with E-state index < -0.39 is 0 Å². The van der Waals surface area contributed by atoms with Crippen molar-refractivity contribution in [2.24, 2.45) is 12.8 Å². The fraction of sp³-hybridized carbons (Fsp3) is 0.471. The van der Waals surface area contributed by atoms with Gasteiger partial charge in [-0.3, -0.25) is 4.68 Å². The molecule has 1 unspecified atom stereocenters. The molecule has 1 atom stereocenters. The van der Waals surface area contributed by atoms with E-state index in [-0.39, 0.29) is 6.04 Å². The Morgan fingerprint density at radius 3 is 2.76 bits per heavy atom. The Balaban J connectivity index is 1.99. The second kappa shape index (κ2) is 7.27. The Labute approximate surface area is 126 Å². The number of benzene rings is 1. The molecule has 0 bridgehead atoms. The molecule has 0 spiro atoms. The molecule has 0 aliphatic rings. The maximum Gasteiger partial charge on any atom is 0.130 e. The summed E-state index contributed by atoms with van der Waals surface area (Å²) in [4.78, 5) is 0. The lowest BCUT2D eigenvalue weighted by atomic mass is 10.0. The van der Waals surface area contributed by atoms with Crippen molar-refractivity contribution >= 4 is 0 Å². The zero-order valence-electron chi connectivity index (χ0n) is 13.2. The first-order chi connectivity index (χ1) is 10.1. The molecule has 0 aliphatic carbocycles. The van der Waals surface area contributed by atoms with E-state index >= 15 is 0 Å². The lowest BCUT2D eigenvalue weighted by molar-refractivity contribution is 0.294. The summed E-state index contributed by atoms with van der Waals surface area (Å²) in [6.07, 6.45) is 2.82. The van der Waals surface area contributed by atoms with Crippen molar-refractivity contribution in [3.8, 4) is 5.75 Å². The van der Waals surface area contributed by atoms with E-state index in [0.717, 1.165) is 36.4 Å². The second-order valence-corrected chi connectivity index (χ2v) is 5.41. The van der Waals surface area contributed by atoms with Gasteiger partial charge in [0.05, 0.1) is 11.4 Å². The first-order valence-corrected chi connectivity index (χ1v) is 7.61. The van der Waals surface area contributed by atoms with Gasteiger partial charge in [-0.05, 0) is 43.0 Å². The number of rotatable bonds is 7. The number of ether oxygens (including phenoxy) is 1. The molecule has 0 saturated heterocycles. The van der Waals surface area contributed by atoms with Gasteiger partial charge in [0.15, 0.2) is 0 Å². The summed E-state index contributed by atoms with van der Waals surface area (Å²) in [5.74, 6) is 0.884. The molecular weight excluding hydrogens is 262 g/mol. The van der Waals surface area contributed by atoms with Crippen LogP contribution in [-0.4, -0.2) is 15.8 Å². The van der Waals surface area contributed by atoms with Gasteiger partial charge in [0.25, 0.3) is 0 Å². The highest BCUT2D eigenvalue weighted by molar-refractivity contribution is 5.29. The zero-order chi connectivity index (χ0) is 15.2. The van der Waals surface area contributed by atoms with Crippen LogP contribution in [0, 0.1) is 0 Å². The minimum Gasteiger partial charge on any atom is -0.487 e. The van der Waals surface area contributed by atoms with Crippen molar-refractivity contribution in [2.45, 2.75) is 45.8 Å². The predicted molar refractivity (Wildman–Crippen MR) is 85.3 cm³/mol. The van der Waals surface area contributed by atoms with E-state index in [1.807, 2.05) is 23.9 Å². The summed E-state index contributed by atoms with van der Waals surface area (Å²) in [6.45, 7) is 4.75. The van der Waals surface area contributed by atoms with Gasteiger partial charge in [-0.1, -0.05) is 26.0 Å². The Bertz CT molecular complexity index is 577. The lowest BCUT2D eigenvalue weighted by Crippen LogP contribution is -2.21. The van der Waals surface area contributed by atoms with Gasteiger partial charge < -0.3 is 10.5 Å². The Morgan fingerprint density at radius 1 is 1.29 bits per heavy atom. The van der Waals surface area contributed by atoms with Crippen molar-refractivity contribution in [3.63, 3.8) is 0 Å². The molecule has 1 heterocycles. The minimum atomic E-state index is 0.212. The fourth-order valence-electron chi connectivity index (χ4n) is 2.25. The second-order valence-electron chi connectivity index (χ2n) is 5.41. The Kier molecular flexibility index (Phi) is 5.39. The highest BCUT2D eigenvalue weighted by Crippen LogP contribution is 2.17. The molecule has 2 rings (SSSR count). The van der Waals surface area contributed by atoms with Crippen molar-refractivity contribution < 1.29 is 4.74 Å². The van der Waals surface area contributed by atoms with E-state index in [1.54, 1.807) is 0 Å². The van der Waals surface area contributed by atoms with Gasteiger partial charge in [-0.25, -0.2) is 0 Å². The van der Waals surface area contributed by atoms with E-state index in [9.17, 15) is 0 Å². The number of aromatic nitrogens is 2. The maximum atomic E-state index is 6.01. The van der Waals surface area contributed by atoms with Crippen LogP contribution in [0.1, 0.15) is 37.2 Å². The van der Waals surface area contributed by atoms with Crippen molar-refractivity contribution in [1.29, 1.82) is 0 Å². The van der Waals surface area contributed by atoms with Crippen LogP contribution in [0.3, 0.4) is 0 Å². The highest BCUT2D eigenvalue weighted by Gasteiger charge is 2.06. The third-order valence-electron chi connectivity index (χ3n) is 3.70. The van der Waals surface area contributed by atoms with Crippen LogP contribution in [0.25, 0.3) is 0 Å². The Morgan fingerprint density at radius 2 is 2.10 bits per heavy atom. The van der Waals surface area contributed by atoms with Crippen molar-refractivity contribution in [1.82, 2.24) is 9.78 Å². The van der Waals surface area contributed by atoms with E-state index in [1.165, 1.54) is 5.56 Å². The first kappa shape index (κ1) is 15.6. The lowest BCUT2D eigenvalue weighted by Gasteiger charge is -2.11. The topological polar surface area (TPSA) is 53.1 Å². The third kappa shape index (κ3) is 4.33. The molecule has 4 nitrogen and oxygen atoms in total. The molecule has 0 aliphatic heterocycles. The van der Waals surface area contributed by atoms with Gasteiger partial charge in [0.2, 0.25) is 0 Å². The largest absolute Gasteiger partial charge is 0.487 e. The highest BCUT2D eigenvalue weighted by atomic mass is 16.5. The molecule has 0 saturated carbocycles. The van der Waals surface area contributed by atoms with E-state index in [4.69, 9.17) is 10.5 Å². The predicted octanol–water partition coefficient (Wildman–Crippen LogP) is 2.84. The molecule has 4 heteroatoms. The van der Waals surface area contributed by atoms with Crippen LogP contribution < -0.4 is 10.5 Å². The number of aryl methyl sites for hydroxylation is 2. The van der Waals surface area contributed by atoms with E-state index in [2.05, 4.69) is 37.1 Å². The van der Waals surface area contributed by atoms with Crippen molar-refractivity contribution in [3.05, 3.63) is 47.3 Å². The third-order valence-corrected chi connectivity index (χ3v) is 3.70. The molecule has 2 aromatic rings. The monoisotopic (exact) mass is 287 g/mol. The quantitative estimate of drug-likeness (QED) is 0.852. The zero-order valence-corrected chi connectivity index (χ0v) is 13.2. The van der Waals surface area contributed by atoms with Crippen LogP contribution in [0.4, 0.5) is 0 Å². The van der Waals surface area contributed by atoms with Gasteiger partial charge in [0, 0.05) is 13.1 Å². The average molecular weight is 287 g/mol. The summed E-state index contributed by atoms with van der Waals surface area (Å²) in [7, 11) is 1.95. The molecule has 0 fully saturated rings. The normalized spacial score (nSPS) is 12.4. The minimum absolute atomic E-state index is 0.212. The SMILES string of the molecule is CCc1cc(COc2cccc(CC(N)CC)c2)n(C)n1. The number of nitrogens with zero attached hydrogens (tertiary/aromatic N) is 2. The van der Waals surface area contributed by atoms with Gasteiger partial charge >= 0.3 is 0 Å². The molecule has 21 heavy (non-hydrogen) atoms. The van der Waals surface area contributed by atoms with E-state index in [0.29, 0.717) is 6.61 Å². The summed E-state index contributed by atoms with van der Waals surface area (Å²) >= 11 is 0. The molecule has 0 amide bonds. The average Bonchev–Trinajstić information content (AvgIpc) is 2.86. The maximum absolute atomic E-state index is 6.01. The standard InChI is InChI=1S/C17H25N3O/c1-4-14(18)9-13-7-6-8-17(10-13)21-12-16-11-15(5-2)19-20(16)3/h6-8,10-11,14H,4-5,9,12,18H2,1-3H3. The van der Waals surface area contributed by atoms with Gasteiger partial charge in [0.1, 0.15) is 12.4 Å². The van der Waals surface area contributed by atoms with Crippen LogP contribution >= 0.6 is 0 Å². The summed E-state index contributed by atoms with van der Waals surface area (Å²) in [5.41, 5.74) is 9.41. The smallest absolute Gasteiger partial charge is 0.130 e. The fourth-order valence-corrected chi connectivity index (χ4v) is 2.25. The number of nitrogens with two attached hydrogens (primary N) is 1. The molecule has 114 valence electrons. The number of hydrogen-bond acceptors (Lipinski definition) is 3. The van der Waals surface area contributed by atoms with Gasteiger partial charge in [-0.2, -0.15) is 5.10 Å². The first-order valence-electron chi connectivity index (χ1n) is 7.61. The van der Waals surface area contributed by atoms with Crippen molar-refractivity contribution in [2.75, 3.05) is 0 Å². The van der Waals surface area contributed by atoms with Gasteiger partial charge in [-0.15, -0.1) is 0 Å². The Hall–Kier alpha value is -1.81. The summed E-state index contributed by atoms with van der Waals surface area (Å²) in [6, 6.07) is 10.5. The summed E-state index contributed by atoms with van der Waals surface area (Å²) < 4.78 is 7.77. The molecule has 1 aromatic heterocycles. The van der Waals surface area contributed by atoms with Crippen LogP contribution in [0.5, 0.6) is 5.75 Å². The van der Waals surface area contributed by atoms with Crippen LogP contribution in [-0.2, 0) is 26.5 Å². The molecular formula is C17H25N3O. The molecule has 2 N–H and O–H groups in total. The van der Waals surface area contributed by atoms with Crippen LogP contribution in [0.2, 0.25) is 0 Å².